The summed E-state index contributed by atoms with van der Waals surface area (Å²) in [6, 6.07) is 8.40. The zero-order chi connectivity index (χ0) is 16.8. The molecular formula is C15H13BrClN3O3. The topological polar surface area (TPSA) is 83.7 Å². The van der Waals surface area contributed by atoms with E-state index in [1.807, 2.05) is 0 Å². The molecule has 0 spiro atoms. The van der Waals surface area contributed by atoms with Crippen LogP contribution in [0.3, 0.4) is 0 Å². The van der Waals surface area contributed by atoms with E-state index in [0.717, 1.165) is 10.2 Å². The Bertz CT molecular complexity index is 758. The number of furan rings is 1. The number of aryl methyl sites for hydroxylation is 1. The van der Waals surface area contributed by atoms with E-state index in [2.05, 4.69) is 31.8 Å². The van der Waals surface area contributed by atoms with Crippen molar-refractivity contribution in [3.05, 3.63) is 56.9 Å². The van der Waals surface area contributed by atoms with Crippen LogP contribution in [0.1, 0.15) is 21.9 Å². The molecular weight excluding hydrogens is 386 g/mol. The second-order valence-corrected chi connectivity index (χ2v) is 5.87. The summed E-state index contributed by atoms with van der Waals surface area (Å²) < 4.78 is 5.97. The largest absolute Gasteiger partial charge is 0.460 e. The second-order valence-electron chi connectivity index (χ2n) is 4.55. The molecule has 0 saturated carbocycles. The Balaban J connectivity index is 1.83. The van der Waals surface area contributed by atoms with Crippen LogP contribution >= 0.6 is 27.5 Å². The maximum absolute atomic E-state index is 12.0. The van der Waals surface area contributed by atoms with Crippen LogP contribution in [-0.2, 0) is 4.79 Å². The molecule has 2 amide bonds. The molecule has 120 valence electrons. The summed E-state index contributed by atoms with van der Waals surface area (Å²) in [5, 5.41) is 6.50. The maximum Gasteiger partial charge on any atom is 0.259 e. The van der Waals surface area contributed by atoms with Gasteiger partial charge in [-0.25, -0.2) is 5.43 Å². The van der Waals surface area contributed by atoms with Gasteiger partial charge in [-0.3, -0.25) is 9.59 Å². The minimum Gasteiger partial charge on any atom is -0.460 e. The van der Waals surface area contributed by atoms with Crippen LogP contribution in [0.2, 0.25) is 5.02 Å². The van der Waals surface area contributed by atoms with E-state index in [4.69, 9.17) is 16.0 Å². The van der Waals surface area contributed by atoms with Gasteiger partial charge in [0.25, 0.3) is 11.8 Å². The van der Waals surface area contributed by atoms with Crippen LogP contribution in [0, 0.1) is 6.92 Å². The standard InChI is InChI=1S/C15H13BrClN3O3/c1-9-2-4-11(23-9)7-19-20-14(21)8-18-15(22)12-6-10(16)3-5-13(12)17/h2-7H,8H2,1H3,(H,18,22)(H,20,21)/b19-7-. The first kappa shape index (κ1) is 17.2. The lowest BCUT2D eigenvalue weighted by Gasteiger charge is -2.06. The number of hydrazone groups is 1. The lowest BCUT2D eigenvalue weighted by Crippen LogP contribution is -2.35. The number of carbonyl (C=O) groups excluding carboxylic acids is 2. The highest BCUT2D eigenvalue weighted by molar-refractivity contribution is 9.10. The molecule has 8 heteroatoms. The van der Waals surface area contributed by atoms with Crippen LogP contribution < -0.4 is 10.7 Å². The first-order valence-corrected chi connectivity index (χ1v) is 7.74. The fraction of sp³-hybridized carbons (Fsp3) is 0.133. The number of benzene rings is 1. The van der Waals surface area contributed by atoms with Crippen molar-refractivity contribution in [2.75, 3.05) is 6.54 Å². The Hall–Kier alpha value is -2.12. The summed E-state index contributed by atoms with van der Waals surface area (Å²) >= 11 is 9.20. The second kappa shape index (κ2) is 7.94. The highest BCUT2D eigenvalue weighted by Gasteiger charge is 2.11. The van der Waals surface area contributed by atoms with Gasteiger partial charge in [-0.15, -0.1) is 0 Å². The van der Waals surface area contributed by atoms with E-state index >= 15 is 0 Å². The van der Waals surface area contributed by atoms with Gasteiger partial charge in [0.2, 0.25) is 0 Å². The Morgan fingerprint density at radius 2 is 2.13 bits per heavy atom. The molecule has 2 N–H and O–H groups in total. The number of hydrogen-bond donors (Lipinski definition) is 2. The Morgan fingerprint density at radius 1 is 1.35 bits per heavy atom. The third kappa shape index (κ3) is 5.22. The van der Waals surface area contributed by atoms with Gasteiger partial charge in [0.1, 0.15) is 11.5 Å². The lowest BCUT2D eigenvalue weighted by atomic mass is 10.2. The van der Waals surface area contributed by atoms with Gasteiger partial charge in [-0.2, -0.15) is 5.10 Å². The molecule has 0 atom stereocenters. The van der Waals surface area contributed by atoms with Crippen LogP contribution in [0.15, 0.2) is 44.3 Å². The summed E-state index contributed by atoms with van der Waals surface area (Å²) in [4.78, 5) is 23.6. The Kier molecular flexibility index (Phi) is 5.95. The summed E-state index contributed by atoms with van der Waals surface area (Å²) in [5.74, 6) is 0.352. The van der Waals surface area contributed by atoms with Gasteiger partial charge < -0.3 is 9.73 Å². The molecule has 2 rings (SSSR count). The van der Waals surface area contributed by atoms with E-state index in [-0.39, 0.29) is 12.1 Å². The van der Waals surface area contributed by atoms with Gasteiger partial charge >= 0.3 is 0 Å². The zero-order valence-corrected chi connectivity index (χ0v) is 14.4. The first-order valence-electron chi connectivity index (χ1n) is 6.57. The third-order valence-corrected chi connectivity index (χ3v) is 3.55. The number of amides is 2. The quantitative estimate of drug-likeness (QED) is 0.600. The number of carbonyl (C=O) groups is 2. The molecule has 1 aromatic carbocycles. The molecule has 1 aromatic heterocycles. The molecule has 0 saturated heterocycles. The lowest BCUT2D eigenvalue weighted by molar-refractivity contribution is -0.120. The summed E-state index contributed by atoms with van der Waals surface area (Å²) in [5.41, 5.74) is 2.57. The molecule has 0 unspecified atom stereocenters. The van der Waals surface area contributed by atoms with Crippen molar-refractivity contribution in [3.8, 4) is 0 Å². The highest BCUT2D eigenvalue weighted by Crippen LogP contribution is 2.20. The van der Waals surface area contributed by atoms with Gasteiger partial charge in [-0.05, 0) is 37.3 Å². The maximum atomic E-state index is 12.0. The molecule has 23 heavy (non-hydrogen) atoms. The van der Waals surface area contributed by atoms with Crippen molar-refractivity contribution in [2.45, 2.75) is 6.92 Å². The monoisotopic (exact) mass is 397 g/mol. The van der Waals surface area contributed by atoms with Crippen molar-refractivity contribution in [2.24, 2.45) is 5.10 Å². The summed E-state index contributed by atoms with van der Waals surface area (Å²) in [7, 11) is 0. The van der Waals surface area contributed by atoms with E-state index in [1.54, 1.807) is 37.3 Å². The average molecular weight is 399 g/mol. The first-order chi connectivity index (χ1) is 11.0. The van der Waals surface area contributed by atoms with E-state index < -0.39 is 11.8 Å². The Morgan fingerprint density at radius 3 is 2.83 bits per heavy atom. The van der Waals surface area contributed by atoms with Crippen molar-refractivity contribution in [1.82, 2.24) is 10.7 Å². The van der Waals surface area contributed by atoms with E-state index in [1.165, 1.54) is 6.21 Å². The number of nitrogens with zero attached hydrogens (tertiary/aromatic N) is 1. The smallest absolute Gasteiger partial charge is 0.259 e. The summed E-state index contributed by atoms with van der Waals surface area (Å²) in [6.07, 6.45) is 1.37. The molecule has 0 aliphatic rings. The molecule has 0 fully saturated rings. The molecule has 6 nitrogen and oxygen atoms in total. The minimum absolute atomic E-state index is 0.226. The normalized spacial score (nSPS) is 10.7. The molecule has 0 aliphatic heterocycles. The predicted octanol–water partition coefficient (Wildman–Crippen LogP) is 2.88. The average Bonchev–Trinajstić information content (AvgIpc) is 2.92. The minimum atomic E-state index is -0.469. The van der Waals surface area contributed by atoms with Crippen molar-refractivity contribution in [3.63, 3.8) is 0 Å². The van der Waals surface area contributed by atoms with E-state index in [9.17, 15) is 9.59 Å². The van der Waals surface area contributed by atoms with Crippen molar-refractivity contribution >= 4 is 45.6 Å². The molecule has 2 aromatic rings. The molecule has 1 heterocycles. The molecule has 0 radical (unpaired) electrons. The van der Waals surface area contributed by atoms with Crippen LogP contribution in [0.4, 0.5) is 0 Å². The third-order valence-electron chi connectivity index (χ3n) is 2.72. The van der Waals surface area contributed by atoms with E-state index in [0.29, 0.717) is 10.8 Å². The molecule has 0 aliphatic carbocycles. The van der Waals surface area contributed by atoms with Crippen molar-refractivity contribution < 1.29 is 14.0 Å². The molecule has 0 bridgehead atoms. The predicted molar refractivity (Wildman–Crippen MR) is 90.7 cm³/mol. The SMILES string of the molecule is Cc1ccc(/C=N\NC(=O)CNC(=O)c2cc(Br)ccc2Cl)o1. The van der Waals surface area contributed by atoms with Crippen LogP contribution in [0.5, 0.6) is 0 Å². The highest BCUT2D eigenvalue weighted by atomic mass is 79.9. The van der Waals surface area contributed by atoms with Crippen LogP contribution in [0.25, 0.3) is 0 Å². The fourth-order valence-electron chi connectivity index (χ4n) is 1.66. The number of halogens is 2. The Labute approximate surface area is 146 Å². The number of rotatable bonds is 5. The van der Waals surface area contributed by atoms with Crippen molar-refractivity contribution in [1.29, 1.82) is 0 Å². The van der Waals surface area contributed by atoms with Crippen LogP contribution in [-0.4, -0.2) is 24.6 Å². The number of nitrogens with one attached hydrogen (secondary N) is 2. The summed E-state index contributed by atoms with van der Waals surface area (Å²) in [6.45, 7) is 1.58. The van der Waals surface area contributed by atoms with Gasteiger partial charge in [-0.1, -0.05) is 27.5 Å². The van der Waals surface area contributed by atoms with Gasteiger partial charge in [0, 0.05) is 4.47 Å². The number of hydrogen-bond acceptors (Lipinski definition) is 4. The van der Waals surface area contributed by atoms with Gasteiger partial charge in [0.15, 0.2) is 0 Å². The fourth-order valence-corrected chi connectivity index (χ4v) is 2.22. The zero-order valence-electron chi connectivity index (χ0n) is 12.1. The van der Waals surface area contributed by atoms with Gasteiger partial charge in [0.05, 0.1) is 23.3 Å².